The summed E-state index contributed by atoms with van der Waals surface area (Å²) in [5.41, 5.74) is -0.514. The lowest BCUT2D eigenvalue weighted by Gasteiger charge is -2.35. The van der Waals surface area contributed by atoms with Gasteiger partial charge in [0.2, 0.25) is 0 Å². The van der Waals surface area contributed by atoms with E-state index in [1.807, 2.05) is 106 Å². The minimum atomic E-state index is -0.536. The van der Waals surface area contributed by atoms with Crippen LogP contribution in [0.2, 0.25) is 0 Å². The van der Waals surface area contributed by atoms with E-state index < -0.39 is 23.0 Å². The first-order valence-electron chi connectivity index (χ1n) is 14.6. The van der Waals surface area contributed by atoms with E-state index in [0.29, 0.717) is 25.7 Å². The van der Waals surface area contributed by atoms with Crippen molar-refractivity contribution in [2.24, 2.45) is 21.7 Å². The average Bonchev–Trinajstić information content (AvgIpc) is 3.23. The van der Waals surface area contributed by atoms with Crippen molar-refractivity contribution in [3.05, 3.63) is 109 Å². The molecule has 2 saturated carbocycles. The molecule has 222 valence electrons. The number of ketones is 2. The van der Waals surface area contributed by atoms with Gasteiger partial charge in [0.15, 0.2) is 11.6 Å². The summed E-state index contributed by atoms with van der Waals surface area (Å²) in [5, 5.41) is 20.1. The second kappa shape index (κ2) is 14.7. The second-order valence-electron chi connectivity index (χ2n) is 13.2. The topological polar surface area (TPSA) is 74.6 Å². The number of rotatable bonds is 12. The zero-order chi connectivity index (χ0) is 30.7. The van der Waals surface area contributed by atoms with E-state index in [1.54, 1.807) is 18.2 Å². The van der Waals surface area contributed by atoms with Crippen molar-refractivity contribution in [3.8, 4) is 0 Å². The molecule has 0 amide bonds. The van der Waals surface area contributed by atoms with Crippen LogP contribution in [0.4, 0.5) is 0 Å². The summed E-state index contributed by atoms with van der Waals surface area (Å²) in [6.45, 7) is 14.1. The Balaban J connectivity index is 1.72. The third-order valence-electron chi connectivity index (χ3n) is 9.29. The molecule has 4 atom stereocenters. The predicted octanol–water partition coefficient (Wildman–Crippen LogP) is 7.89. The van der Waals surface area contributed by atoms with Crippen LogP contribution >= 0.6 is 0 Å². The average molecular weight is 559 g/mol. The number of carbonyl (C=O) groups excluding carboxylic acids is 2. The Labute approximate surface area is 248 Å². The first kappa shape index (κ1) is 34.1. The molecule has 0 aromatic carbocycles. The van der Waals surface area contributed by atoms with Gasteiger partial charge in [-0.25, -0.2) is 0 Å². The number of aliphatic hydroxyl groups excluding tert-OH is 2. The van der Waals surface area contributed by atoms with Gasteiger partial charge in [-0.2, -0.15) is 0 Å². The van der Waals surface area contributed by atoms with Crippen molar-refractivity contribution in [1.82, 2.24) is 0 Å². The number of hydrogen-bond acceptors (Lipinski definition) is 4. The van der Waals surface area contributed by atoms with E-state index in [4.69, 9.17) is 0 Å². The molecule has 2 fully saturated rings. The highest BCUT2D eigenvalue weighted by Gasteiger charge is 2.53. The molecular formula is C37H50O4. The maximum absolute atomic E-state index is 12.8. The van der Waals surface area contributed by atoms with Crippen molar-refractivity contribution < 1.29 is 19.8 Å². The van der Waals surface area contributed by atoms with Gasteiger partial charge in [0, 0.05) is 10.8 Å². The van der Waals surface area contributed by atoms with Crippen molar-refractivity contribution in [2.45, 2.75) is 86.4 Å². The highest BCUT2D eigenvalue weighted by molar-refractivity contribution is 5.96. The molecule has 41 heavy (non-hydrogen) atoms. The van der Waals surface area contributed by atoms with Gasteiger partial charge in [-0.05, 0) is 55.6 Å². The molecule has 0 aromatic rings. The van der Waals surface area contributed by atoms with Crippen LogP contribution in [0.1, 0.15) is 74.1 Å². The fraction of sp³-hybridized carbons (Fsp3) is 0.459. The van der Waals surface area contributed by atoms with Gasteiger partial charge in [-0.15, -0.1) is 0 Å². The molecule has 2 rings (SSSR count). The lowest BCUT2D eigenvalue weighted by molar-refractivity contribution is -0.128. The molecule has 2 aliphatic rings. The maximum Gasteiger partial charge on any atom is 0.162 e. The monoisotopic (exact) mass is 558 g/mol. The Morgan fingerprint density at radius 3 is 1.22 bits per heavy atom. The van der Waals surface area contributed by atoms with Gasteiger partial charge in [0.05, 0.1) is 12.2 Å². The highest BCUT2D eigenvalue weighted by atomic mass is 16.3. The van der Waals surface area contributed by atoms with Gasteiger partial charge in [0.25, 0.3) is 0 Å². The van der Waals surface area contributed by atoms with Crippen LogP contribution < -0.4 is 0 Å². The Hall–Kier alpha value is -3.08. The van der Waals surface area contributed by atoms with E-state index in [-0.39, 0.29) is 22.4 Å². The van der Waals surface area contributed by atoms with Crippen molar-refractivity contribution in [2.75, 3.05) is 0 Å². The zero-order valence-electron chi connectivity index (χ0n) is 26.0. The smallest absolute Gasteiger partial charge is 0.162 e. The van der Waals surface area contributed by atoms with Gasteiger partial charge in [-0.3, -0.25) is 9.59 Å². The standard InChI is InChI=1S/C37H50O4/c1-29(23-24-33(41)37(7)28-31(39)26-35(37,4)5)21-19-17-15-13-11-9-8-10-12-14-16-18-20-22-32(40)36(6)27-30(38)25-34(36,2)3/h8-24,30-31,38-39H,25-28H2,1-7H3/b10-8+,11-9+,14-12+,15-13+,18-16+,19-17+,22-20+,24-23+,29-21+. The summed E-state index contributed by atoms with van der Waals surface area (Å²) in [6, 6.07) is 0. The number of aliphatic hydroxyl groups is 2. The van der Waals surface area contributed by atoms with Crippen LogP contribution in [0, 0.1) is 21.7 Å². The molecule has 0 spiro atoms. The summed E-state index contributed by atoms with van der Waals surface area (Å²) < 4.78 is 0. The summed E-state index contributed by atoms with van der Waals surface area (Å²) in [5.74, 6) is 0.138. The van der Waals surface area contributed by atoms with E-state index in [0.717, 1.165) is 5.57 Å². The first-order chi connectivity index (χ1) is 19.1. The molecule has 0 bridgehead atoms. The quantitative estimate of drug-likeness (QED) is 0.189. The Kier molecular flexibility index (Phi) is 12.2. The Morgan fingerprint density at radius 2 is 0.854 bits per heavy atom. The summed E-state index contributed by atoms with van der Waals surface area (Å²) in [7, 11) is 0. The van der Waals surface area contributed by atoms with Crippen molar-refractivity contribution in [1.29, 1.82) is 0 Å². The molecule has 4 nitrogen and oxygen atoms in total. The minimum Gasteiger partial charge on any atom is -0.393 e. The highest BCUT2D eigenvalue weighted by Crippen LogP contribution is 2.54. The van der Waals surface area contributed by atoms with Crippen molar-refractivity contribution in [3.63, 3.8) is 0 Å². The molecule has 0 aromatic heterocycles. The molecule has 4 heteroatoms. The SMILES string of the molecule is CC(/C=C/C(=O)C1(C)CC(O)CC1(C)C)=C\C=C\C=C\C=C\C=C\C=C\C=C\C=C\C(=O)C1(C)CC(O)CC1(C)C. The van der Waals surface area contributed by atoms with E-state index in [9.17, 15) is 19.8 Å². The number of hydrogen-bond donors (Lipinski definition) is 2. The van der Waals surface area contributed by atoms with Crippen LogP contribution in [0.5, 0.6) is 0 Å². The first-order valence-corrected chi connectivity index (χ1v) is 14.6. The summed E-state index contributed by atoms with van der Waals surface area (Å²) >= 11 is 0. The third kappa shape index (κ3) is 9.21. The second-order valence-corrected chi connectivity index (χ2v) is 13.2. The Morgan fingerprint density at radius 1 is 0.512 bits per heavy atom. The summed E-state index contributed by atoms with van der Waals surface area (Å²) in [4.78, 5) is 25.5. The lowest BCUT2D eigenvalue weighted by Crippen LogP contribution is -2.36. The van der Waals surface area contributed by atoms with Crippen LogP contribution in [0.25, 0.3) is 0 Å². The normalized spacial score (nSPS) is 30.8. The molecule has 0 saturated heterocycles. The van der Waals surface area contributed by atoms with Gasteiger partial charge >= 0.3 is 0 Å². The maximum atomic E-state index is 12.8. The lowest BCUT2D eigenvalue weighted by atomic mass is 9.66. The summed E-state index contributed by atoms with van der Waals surface area (Å²) in [6.07, 6.45) is 33.3. The van der Waals surface area contributed by atoms with Crippen LogP contribution in [-0.4, -0.2) is 34.0 Å². The number of allylic oxidation sites excluding steroid dienone is 18. The molecule has 4 unspecified atom stereocenters. The van der Waals surface area contributed by atoms with Crippen LogP contribution in [0.15, 0.2) is 109 Å². The van der Waals surface area contributed by atoms with Gasteiger partial charge < -0.3 is 10.2 Å². The largest absolute Gasteiger partial charge is 0.393 e. The molecular weight excluding hydrogens is 508 g/mol. The third-order valence-corrected chi connectivity index (χ3v) is 9.29. The molecule has 2 N–H and O–H groups in total. The predicted molar refractivity (Wildman–Crippen MR) is 171 cm³/mol. The zero-order valence-corrected chi connectivity index (χ0v) is 26.0. The molecule has 0 radical (unpaired) electrons. The fourth-order valence-electron chi connectivity index (χ4n) is 5.82. The fourth-order valence-corrected chi connectivity index (χ4v) is 5.82. The van der Waals surface area contributed by atoms with E-state index in [2.05, 4.69) is 27.7 Å². The van der Waals surface area contributed by atoms with E-state index in [1.165, 1.54) is 0 Å². The minimum absolute atomic E-state index is 0.0653. The van der Waals surface area contributed by atoms with Crippen molar-refractivity contribution >= 4 is 11.6 Å². The Bertz CT molecular complexity index is 1200. The van der Waals surface area contributed by atoms with Crippen LogP contribution in [0.3, 0.4) is 0 Å². The molecule has 0 heterocycles. The number of carbonyl (C=O) groups is 2. The van der Waals surface area contributed by atoms with Crippen LogP contribution in [-0.2, 0) is 9.59 Å². The molecule has 2 aliphatic carbocycles. The van der Waals surface area contributed by atoms with Gasteiger partial charge in [-0.1, -0.05) is 138 Å². The molecule has 0 aliphatic heterocycles. The van der Waals surface area contributed by atoms with Gasteiger partial charge in [0.1, 0.15) is 0 Å². The van der Waals surface area contributed by atoms with E-state index >= 15 is 0 Å².